The molecule has 0 N–H and O–H groups in total. The summed E-state index contributed by atoms with van der Waals surface area (Å²) in [4.78, 5) is 7.54. The van der Waals surface area contributed by atoms with Crippen molar-refractivity contribution in [2.45, 2.75) is 44.7 Å². The SMILES string of the molecule is CC(C)N1C=C2N3B(Oc4ccccc43)C3CC=CC4=C3N2C1C4. The molecule has 1 fully saturated rings. The molecule has 1 saturated heterocycles. The topological polar surface area (TPSA) is 19.0 Å². The van der Waals surface area contributed by atoms with E-state index in [1.54, 1.807) is 0 Å². The lowest BCUT2D eigenvalue weighted by Crippen LogP contribution is -2.54. The third kappa shape index (κ3) is 1.38. The van der Waals surface area contributed by atoms with Gasteiger partial charge in [-0.05, 0) is 38.0 Å². The van der Waals surface area contributed by atoms with E-state index in [0.717, 1.165) is 18.6 Å². The second kappa shape index (κ2) is 4.21. The Balaban J connectivity index is 1.57. The van der Waals surface area contributed by atoms with Crippen molar-refractivity contribution in [3.63, 3.8) is 0 Å². The summed E-state index contributed by atoms with van der Waals surface area (Å²) in [7, 11) is 0.0886. The van der Waals surface area contributed by atoms with Gasteiger partial charge in [0.05, 0.1) is 5.69 Å². The number of benzene rings is 1. The molecule has 1 aliphatic carbocycles. The zero-order valence-electron chi connectivity index (χ0n) is 14.0. The van der Waals surface area contributed by atoms with E-state index in [1.807, 2.05) is 0 Å². The van der Waals surface area contributed by atoms with Crippen LogP contribution in [-0.4, -0.2) is 29.1 Å². The van der Waals surface area contributed by atoms with Gasteiger partial charge in [-0.1, -0.05) is 24.3 Å². The van der Waals surface area contributed by atoms with Crippen LogP contribution in [0.4, 0.5) is 5.69 Å². The van der Waals surface area contributed by atoms with Crippen molar-refractivity contribution in [3.8, 4) is 5.75 Å². The highest BCUT2D eigenvalue weighted by molar-refractivity contribution is 6.63. The smallest absolute Gasteiger partial charge is 0.498 e. The Kier molecular flexibility index (Phi) is 2.29. The van der Waals surface area contributed by atoms with E-state index in [9.17, 15) is 0 Å². The molecular formula is C19H20BN3O. The summed E-state index contributed by atoms with van der Waals surface area (Å²) in [5.74, 6) is 2.73. The molecule has 1 aromatic rings. The molecule has 0 radical (unpaired) electrons. The zero-order valence-corrected chi connectivity index (χ0v) is 14.0. The van der Waals surface area contributed by atoms with Crippen molar-refractivity contribution in [2.24, 2.45) is 0 Å². The summed E-state index contributed by atoms with van der Waals surface area (Å²) in [6.45, 7) is 4.57. The molecule has 2 atom stereocenters. The fraction of sp³-hybridized carbons (Fsp3) is 0.368. The molecule has 2 unspecified atom stereocenters. The van der Waals surface area contributed by atoms with Gasteiger partial charge >= 0.3 is 7.05 Å². The highest BCUT2D eigenvalue weighted by Gasteiger charge is 2.59. The molecule has 0 saturated carbocycles. The maximum Gasteiger partial charge on any atom is 0.498 e. The van der Waals surface area contributed by atoms with Crippen molar-refractivity contribution in [1.82, 2.24) is 9.80 Å². The number of allylic oxidation sites excluding steroid dienone is 3. The first-order chi connectivity index (χ1) is 11.7. The quantitative estimate of drug-likeness (QED) is 0.738. The normalized spacial score (nSPS) is 28.4. The highest BCUT2D eigenvalue weighted by Crippen LogP contribution is 2.57. The summed E-state index contributed by atoms with van der Waals surface area (Å²) < 4.78 is 6.42. The van der Waals surface area contributed by atoms with Gasteiger partial charge in [0, 0.05) is 30.2 Å². The van der Waals surface area contributed by atoms with Gasteiger partial charge in [-0.2, -0.15) is 0 Å². The minimum absolute atomic E-state index is 0.0886. The monoisotopic (exact) mass is 317 g/mol. The van der Waals surface area contributed by atoms with Crippen molar-refractivity contribution in [2.75, 3.05) is 4.81 Å². The first kappa shape index (κ1) is 13.0. The Morgan fingerprint density at radius 3 is 3.00 bits per heavy atom. The minimum atomic E-state index is 0.0886. The van der Waals surface area contributed by atoms with Crippen molar-refractivity contribution in [3.05, 3.63) is 59.7 Å². The van der Waals surface area contributed by atoms with Gasteiger partial charge in [-0.25, -0.2) is 0 Å². The lowest BCUT2D eigenvalue weighted by atomic mass is 9.59. The lowest BCUT2D eigenvalue weighted by Gasteiger charge is -2.43. The summed E-state index contributed by atoms with van der Waals surface area (Å²) in [6, 6.07) is 8.96. The molecule has 0 spiro atoms. The predicted octanol–water partition coefficient (Wildman–Crippen LogP) is 3.53. The standard InChI is InChI=1S/C19H20BN3O/c1-12(2)21-11-18-22-17(21)10-13-6-5-7-14(19(13)22)20-23(18)15-8-3-4-9-16(15)24-20/h3-6,8-9,11-12,14,17H,7,10H2,1-2H3. The molecule has 24 heavy (non-hydrogen) atoms. The second-order valence-corrected chi connectivity index (χ2v) is 7.58. The Labute approximate surface area is 142 Å². The first-order valence-electron chi connectivity index (χ1n) is 8.97. The summed E-state index contributed by atoms with van der Waals surface area (Å²) in [5.41, 5.74) is 4.22. The van der Waals surface area contributed by atoms with E-state index in [1.165, 1.54) is 22.8 Å². The van der Waals surface area contributed by atoms with Crippen LogP contribution in [0.3, 0.4) is 0 Å². The Hall–Kier alpha value is -2.30. The molecule has 4 aliphatic heterocycles. The molecular weight excluding hydrogens is 297 g/mol. The minimum Gasteiger partial charge on any atom is -0.539 e. The van der Waals surface area contributed by atoms with Crippen LogP contribution < -0.4 is 9.47 Å². The number of rotatable bonds is 1. The summed E-state index contributed by atoms with van der Waals surface area (Å²) >= 11 is 0. The fourth-order valence-electron chi connectivity index (χ4n) is 5.06. The molecule has 5 heteroatoms. The van der Waals surface area contributed by atoms with Crippen LogP contribution in [0.5, 0.6) is 5.75 Å². The maximum absolute atomic E-state index is 6.42. The van der Waals surface area contributed by atoms with E-state index in [2.05, 4.69) is 71.1 Å². The van der Waals surface area contributed by atoms with E-state index in [4.69, 9.17) is 4.65 Å². The second-order valence-electron chi connectivity index (χ2n) is 7.58. The third-order valence-corrected chi connectivity index (χ3v) is 6.02. The van der Waals surface area contributed by atoms with E-state index < -0.39 is 0 Å². The predicted molar refractivity (Wildman–Crippen MR) is 95.1 cm³/mol. The van der Waals surface area contributed by atoms with Gasteiger partial charge in [0.1, 0.15) is 17.7 Å². The zero-order chi connectivity index (χ0) is 16.0. The van der Waals surface area contributed by atoms with Gasteiger partial charge in [0.25, 0.3) is 0 Å². The van der Waals surface area contributed by atoms with Gasteiger partial charge < -0.3 is 19.3 Å². The fourth-order valence-corrected chi connectivity index (χ4v) is 5.06. The molecule has 0 bridgehead atoms. The third-order valence-electron chi connectivity index (χ3n) is 6.02. The highest BCUT2D eigenvalue weighted by atomic mass is 16.5. The molecule has 0 amide bonds. The van der Waals surface area contributed by atoms with Crippen molar-refractivity contribution in [1.29, 1.82) is 0 Å². The molecule has 4 nitrogen and oxygen atoms in total. The Bertz CT molecular complexity index is 843. The van der Waals surface area contributed by atoms with Gasteiger partial charge in [0.2, 0.25) is 0 Å². The van der Waals surface area contributed by atoms with Crippen LogP contribution in [0, 0.1) is 0 Å². The average molecular weight is 317 g/mol. The maximum atomic E-state index is 6.42. The lowest BCUT2D eigenvalue weighted by molar-refractivity contribution is 0.158. The summed E-state index contributed by atoms with van der Waals surface area (Å²) in [6.07, 6.45) is 9.65. The molecule has 1 aromatic carbocycles. The van der Waals surface area contributed by atoms with Gasteiger partial charge in [-0.3, -0.25) is 0 Å². The Morgan fingerprint density at radius 1 is 1.25 bits per heavy atom. The number of hydrogen-bond donors (Lipinski definition) is 0. The molecule has 5 aliphatic rings. The van der Waals surface area contributed by atoms with E-state index in [0.29, 0.717) is 18.0 Å². The van der Waals surface area contributed by atoms with Crippen molar-refractivity contribution < 1.29 is 4.65 Å². The van der Waals surface area contributed by atoms with Gasteiger partial charge in [0.15, 0.2) is 0 Å². The number of nitrogens with zero attached hydrogens (tertiary/aromatic N) is 3. The molecule has 4 heterocycles. The number of fused-ring (bicyclic) bond motifs is 5. The average Bonchev–Trinajstić information content (AvgIpc) is 3.24. The first-order valence-corrected chi connectivity index (χ1v) is 8.97. The number of hydrogen-bond acceptors (Lipinski definition) is 4. The summed E-state index contributed by atoms with van der Waals surface area (Å²) in [5, 5.41) is 0. The van der Waals surface area contributed by atoms with Crippen LogP contribution in [-0.2, 0) is 0 Å². The Morgan fingerprint density at radius 2 is 2.12 bits per heavy atom. The number of para-hydroxylation sites is 2. The van der Waals surface area contributed by atoms with Crippen LogP contribution in [0.25, 0.3) is 0 Å². The van der Waals surface area contributed by atoms with Crippen LogP contribution in [0.15, 0.2) is 59.7 Å². The van der Waals surface area contributed by atoms with E-state index >= 15 is 0 Å². The number of anilines is 1. The molecule has 0 aromatic heterocycles. The van der Waals surface area contributed by atoms with Crippen LogP contribution in [0.1, 0.15) is 26.7 Å². The van der Waals surface area contributed by atoms with Crippen LogP contribution in [0.2, 0.25) is 5.82 Å². The van der Waals surface area contributed by atoms with Gasteiger partial charge in [-0.15, -0.1) is 0 Å². The van der Waals surface area contributed by atoms with E-state index in [-0.39, 0.29) is 7.05 Å². The molecule has 6 rings (SSSR count). The molecule has 120 valence electrons. The largest absolute Gasteiger partial charge is 0.539 e. The van der Waals surface area contributed by atoms with Crippen LogP contribution >= 0.6 is 0 Å². The van der Waals surface area contributed by atoms with Crippen molar-refractivity contribution >= 4 is 12.7 Å².